The summed E-state index contributed by atoms with van der Waals surface area (Å²) in [6.45, 7) is 2.64. The lowest BCUT2D eigenvalue weighted by Gasteiger charge is -2.06. The maximum absolute atomic E-state index is 11.9. The molecule has 2 heterocycles. The molecule has 5 heteroatoms. The van der Waals surface area contributed by atoms with Crippen LogP contribution in [0.15, 0.2) is 24.5 Å². The van der Waals surface area contributed by atoms with Crippen molar-refractivity contribution in [2.45, 2.75) is 19.8 Å². The van der Waals surface area contributed by atoms with E-state index in [0.29, 0.717) is 12.2 Å². The first kappa shape index (κ1) is 12.4. The smallest absolute Gasteiger partial charge is 0.267 e. The van der Waals surface area contributed by atoms with Gasteiger partial charge in [0, 0.05) is 38.1 Å². The first-order chi connectivity index (χ1) is 8.68. The van der Waals surface area contributed by atoms with Gasteiger partial charge in [0.25, 0.3) is 5.91 Å². The van der Waals surface area contributed by atoms with Crippen LogP contribution in [-0.2, 0) is 13.5 Å². The number of nitrogens with one attached hydrogen (secondary N) is 2. The monoisotopic (exact) mass is 246 g/mol. The van der Waals surface area contributed by atoms with E-state index in [4.69, 9.17) is 0 Å². The Labute approximate surface area is 106 Å². The van der Waals surface area contributed by atoms with Gasteiger partial charge in [0.1, 0.15) is 11.5 Å². The lowest BCUT2D eigenvalue weighted by atomic mass is 10.3. The van der Waals surface area contributed by atoms with Gasteiger partial charge < -0.3 is 14.9 Å². The van der Waals surface area contributed by atoms with Crippen LogP contribution in [0.4, 0.5) is 0 Å². The number of rotatable bonds is 5. The van der Waals surface area contributed by atoms with Crippen LogP contribution >= 0.6 is 0 Å². The number of amides is 1. The van der Waals surface area contributed by atoms with Gasteiger partial charge in [0.2, 0.25) is 0 Å². The van der Waals surface area contributed by atoms with Crippen LogP contribution in [-0.4, -0.2) is 27.0 Å². The molecule has 0 unspecified atom stereocenters. The zero-order valence-electron chi connectivity index (χ0n) is 10.7. The maximum atomic E-state index is 11.9. The van der Waals surface area contributed by atoms with Gasteiger partial charge in [-0.3, -0.25) is 4.79 Å². The van der Waals surface area contributed by atoms with Gasteiger partial charge >= 0.3 is 0 Å². The quantitative estimate of drug-likeness (QED) is 0.784. The van der Waals surface area contributed by atoms with Crippen LogP contribution in [0.25, 0.3) is 0 Å². The topological polar surface area (TPSA) is 62.7 Å². The molecule has 96 valence electrons. The molecule has 0 atom stereocenters. The van der Waals surface area contributed by atoms with Crippen molar-refractivity contribution in [1.82, 2.24) is 19.9 Å². The number of carbonyl (C=O) groups excluding carboxylic acids is 1. The molecule has 2 aromatic heterocycles. The second kappa shape index (κ2) is 5.53. The second-order valence-electron chi connectivity index (χ2n) is 4.31. The zero-order chi connectivity index (χ0) is 13.0. The average Bonchev–Trinajstić information content (AvgIpc) is 2.97. The molecule has 0 radical (unpaired) electrons. The molecule has 0 aliphatic rings. The van der Waals surface area contributed by atoms with Crippen LogP contribution < -0.4 is 5.32 Å². The summed E-state index contributed by atoms with van der Waals surface area (Å²) >= 11 is 0. The Morgan fingerprint density at radius 1 is 1.50 bits per heavy atom. The molecule has 2 aromatic rings. The van der Waals surface area contributed by atoms with E-state index in [9.17, 15) is 4.79 Å². The van der Waals surface area contributed by atoms with E-state index in [-0.39, 0.29) is 5.91 Å². The largest absolute Gasteiger partial charge is 0.351 e. The number of hydrogen-bond acceptors (Lipinski definition) is 2. The molecule has 0 fully saturated rings. The maximum Gasteiger partial charge on any atom is 0.267 e. The van der Waals surface area contributed by atoms with E-state index in [0.717, 1.165) is 24.4 Å². The zero-order valence-corrected chi connectivity index (χ0v) is 10.7. The number of nitrogens with zero attached hydrogens (tertiary/aromatic N) is 2. The van der Waals surface area contributed by atoms with Crippen molar-refractivity contribution in [3.63, 3.8) is 0 Å². The van der Waals surface area contributed by atoms with Crippen LogP contribution in [0.2, 0.25) is 0 Å². The Kier molecular flexibility index (Phi) is 3.82. The number of aromatic amines is 1. The van der Waals surface area contributed by atoms with E-state index in [2.05, 4.69) is 15.3 Å². The van der Waals surface area contributed by atoms with Crippen molar-refractivity contribution in [3.05, 3.63) is 41.7 Å². The van der Waals surface area contributed by atoms with Crippen LogP contribution in [0.3, 0.4) is 0 Å². The Morgan fingerprint density at radius 3 is 2.94 bits per heavy atom. The number of aromatic nitrogens is 3. The molecule has 0 bridgehead atoms. The molecule has 0 aromatic carbocycles. The molecule has 0 aliphatic carbocycles. The van der Waals surface area contributed by atoms with Crippen molar-refractivity contribution < 1.29 is 4.79 Å². The molecule has 0 aliphatic heterocycles. The Morgan fingerprint density at radius 2 is 2.33 bits per heavy atom. The van der Waals surface area contributed by atoms with Crippen molar-refractivity contribution in [2.75, 3.05) is 6.54 Å². The van der Waals surface area contributed by atoms with Crippen LogP contribution in [0.1, 0.15) is 28.4 Å². The van der Waals surface area contributed by atoms with Crippen molar-refractivity contribution in [3.8, 4) is 0 Å². The third-order valence-electron chi connectivity index (χ3n) is 3.04. The van der Waals surface area contributed by atoms with Crippen molar-refractivity contribution in [1.29, 1.82) is 0 Å². The van der Waals surface area contributed by atoms with Crippen molar-refractivity contribution >= 4 is 5.91 Å². The third kappa shape index (κ3) is 2.80. The highest BCUT2D eigenvalue weighted by Crippen LogP contribution is 2.05. The fourth-order valence-electron chi connectivity index (χ4n) is 1.82. The summed E-state index contributed by atoms with van der Waals surface area (Å²) in [4.78, 5) is 19.1. The molecule has 0 saturated carbocycles. The molecule has 0 saturated heterocycles. The summed E-state index contributed by atoms with van der Waals surface area (Å²) in [7, 11) is 1.90. The molecule has 1 amide bonds. The normalized spacial score (nSPS) is 10.6. The number of carbonyl (C=O) groups is 1. The summed E-state index contributed by atoms with van der Waals surface area (Å²) in [5, 5.41) is 2.91. The van der Waals surface area contributed by atoms with Gasteiger partial charge in [0.05, 0.1) is 0 Å². The molecule has 2 rings (SSSR count). The lowest BCUT2D eigenvalue weighted by molar-refractivity contribution is 0.0945. The second-order valence-corrected chi connectivity index (χ2v) is 4.31. The van der Waals surface area contributed by atoms with E-state index in [1.54, 1.807) is 12.4 Å². The number of aryl methyl sites for hydroxylation is 2. The molecule has 5 nitrogen and oxygen atoms in total. The standard InChI is InChI=1S/C13H18N4O/c1-10-5-6-11(17(10)2)13(18)16-7-3-4-12-14-8-9-15-12/h5-6,8-9H,3-4,7H2,1-2H3,(H,14,15)(H,16,18). The Balaban J connectivity index is 1.77. The molecule has 0 spiro atoms. The van der Waals surface area contributed by atoms with Gasteiger partial charge in [-0.15, -0.1) is 0 Å². The van der Waals surface area contributed by atoms with E-state index in [1.165, 1.54) is 0 Å². The highest BCUT2D eigenvalue weighted by molar-refractivity contribution is 5.92. The summed E-state index contributed by atoms with van der Waals surface area (Å²) in [5.74, 6) is 0.934. The third-order valence-corrected chi connectivity index (χ3v) is 3.04. The van der Waals surface area contributed by atoms with Crippen LogP contribution in [0, 0.1) is 6.92 Å². The summed E-state index contributed by atoms with van der Waals surface area (Å²) in [6, 6.07) is 3.79. The first-order valence-corrected chi connectivity index (χ1v) is 6.07. The fourth-order valence-corrected chi connectivity index (χ4v) is 1.82. The fraction of sp³-hybridized carbons (Fsp3) is 0.385. The van der Waals surface area contributed by atoms with Gasteiger partial charge in [-0.05, 0) is 25.5 Å². The van der Waals surface area contributed by atoms with E-state index in [1.807, 2.05) is 30.7 Å². The predicted molar refractivity (Wildman–Crippen MR) is 69.4 cm³/mol. The van der Waals surface area contributed by atoms with E-state index < -0.39 is 0 Å². The number of H-pyrrole nitrogens is 1. The molecular formula is C13H18N4O. The SMILES string of the molecule is Cc1ccc(C(=O)NCCCc2ncc[nH]2)n1C. The molecular weight excluding hydrogens is 228 g/mol. The average molecular weight is 246 g/mol. The highest BCUT2D eigenvalue weighted by Gasteiger charge is 2.09. The minimum atomic E-state index is -0.0231. The molecule has 18 heavy (non-hydrogen) atoms. The Hall–Kier alpha value is -2.04. The van der Waals surface area contributed by atoms with Gasteiger partial charge in [0.15, 0.2) is 0 Å². The minimum Gasteiger partial charge on any atom is -0.351 e. The van der Waals surface area contributed by atoms with Crippen molar-refractivity contribution in [2.24, 2.45) is 7.05 Å². The summed E-state index contributed by atoms with van der Waals surface area (Å²) < 4.78 is 1.89. The Bertz CT molecular complexity index is 513. The minimum absolute atomic E-state index is 0.0231. The molecule has 2 N–H and O–H groups in total. The number of hydrogen-bond donors (Lipinski definition) is 2. The predicted octanol–water partition coefficient (Wildman–Crippen LogP) is 1.42. The first-order valence-electron chi connectivity index (χ1n) is 6.07. The van der Waals surface area contributed by atoms with Gasteiger partial charge in [-0.25, -0.2) is 4.98 Å². The highest BCUT2D eigenvalue weighted by atomic mass is 16.1. The van der Waals surface area contributed by atoms with Crippen LogP contribution in [0.5, 0.6) is 0 Å². The summed E-state index contributed by atoms with van der Waals surface area (Å²) in [5.41, 5.74) is 1.78. The van der Waals surface area contributed by atoms with Gasteiger partial charge in [-0.2, -0.15) is 0 Å². The van der Waals surface area contributed by atoms with E-state index >= 15 is 0 Å². The van der Waals surface area contributed by atoms with Gasteiger partial charge in [-0.1, -0.05) is 0 Å². The lowest BCUT2D eigenvalue weighted by Crippen LogP contribution is -2.26. The summed E-state index contributed by atoms with van der Waals surface area (Å²) in [6.07, 6.45) is 5.27. The number of imidazole rings is 1.